The Labute approximate surface area is 117 Å². The Morgan fingerprint density at radius 3 is 2.53 bits per heavy atom. The van der Waals surface area contributed by atoms with Crippen molar-refractivity contribution in [1.29, 1.82) is 0 Å². The fourth-order valence-electron chi connectivity index (χ4n) is 2.12. The van der Waals surface area contributed by atoms with Crippen molar-refractivity contribution in [2.24, 2.45) is 5.92 Å². The van der Waals surface area contributed by atoms with Crippen LogP contribution in [0.4, 0.5) is 18.9 Å². The lowest BCUT2D eigenvalue weighted by molar-refractivity contribution is -0.124. The van der Waals surface area contributed by atoms with Gasteiger partial charge in [-0.05, 0) is 47.0 Å². The lowest BCUT2D eigenvalue weighted by atomic mass is 9.86. The van der Waals surface area contributed by atoms with Crippen molar-refractivity contribution in [2.75, 3.05) is 5.32 Å². The van der Waals surface area contributed by atoms with Crippen molar-refractivity contribution >= 4 is 27.5 Å². The number of rotatable bonds is 2. The number of carbonyl (C=O) groups is 1. The van der Waals surface area contributed by atoms with E-state index in [1.165, 1.54) is 18.2 Å². The molecule has 0 heterocycles. The number of benzene rings is 1. The molecule has 0 aliphatic heterocycles. The zero-order valence-corrected chi connectivity index (χ0v) is 11.6. The van der Waals surface area contributed by atoms with E-state index in [0.29, 0.717) is 5.69 Å². The van der Waals surface area contributed by atoms with Gasteiger partial charge in [0.2, 0.25) is 11.8 Å². The van der Waals surface area contributed by atoms with Gasteiger partial charge >= 0.3 is 0 Å². The van der Waals surface area contributed by atoms with Gasteiger partial charge in [-0.2, -0.15) is 0 Å². The summed E-state index contributed by atoms with van der Waals surface area (Å²) in [5.41, 5.74) is 0.454. The number of carbonyl (C=O) groups excluding carboxylic acids is 1. The molecule has 1 aromatic rings. The molecule has 0 bridgehead atoms. The maximum absolute atomic E-state index is 13.0. The van der Waals surface area contributed by atoms with E-state index in [0.717, 1.165) is 0 Å². The normalized spacial score (nSPS) is 19.2. The van der Waals surface area contributed by atoms with Crippen LogP contribution in [-0.2, 0) is 4.79 Å². The molecule has 1 aliphatic carbocycles. The fraction of sp³-hybridized carbons (Fsp3) is 0.462. The molecule has 1 saturated carbocycles. The number of hydrogen-bond acceptors (Lipinski definition) is 1. The van der Waals surface area contributed by atoms with E-state index in [9.17, 15) is 18.0 Å². The van der Waals surface area contributed by atoms with Crippen LogP contribution in [0, 0.1) is 11.7 Å². The second-order valence-corrected chi connectivity index (χ2v) is 5.60. The molecule has 6 heteroatoms. The molecular weight excluding hydrogens is 323 g/mol. The topological polar surface area (TPSA) is 29.1 Å². The second kappa shape index (κ2) is 5.53. The standard InChI is InChI=1S/C13H13BrF3NO/c14-10-7-9(1-2-11(10)15)18-12(19)8-3-5-13(16,17)6-4-8/h1-2,7-8H,3-6H2,(H,18,19). The molecular formula is C13H13BrF3NO. The van der Waals surface area contributed by atoms with Gasteiger partial charge in [-0.25, -0.2) is 13.2 Å². The van der Waals surface area contributed by atoms with Crippen LogP contribution in [0.5, 0.6) is 0 Å². The van der Waals surface area contributed by atoms with Crippen molar-refractivity contribution in [2.45, 2.75) is 31.6 Å². The van der Waals surface area contributed by atoms with Crippen molar-refractivity contribution < 1.29 is 18.0 Å². The number of amides is 1. The highest BCUT2D eigenvalue weighted by atomic mass is 79.9. The number of hydrogen-bond donors (Lipinski definition) is 1. The number of halogens is 4. The van der Waals surface area contributed by atoms with E-state index in [-0.39, 0.29) is 36.1 Å². The minimum Gasteiger partial charge on any atom is -0.326 e. The third-order valence-electron chi connectivity index (χ3n) is 3.28. The van der Waals surface area contributed by atoms with Crippen LogP contribution in [0.25, 0.3) is 0 Å². The van der Waals surface area contributed by atoms with Gasteiger partial charge < -0.3 is 5.32 Å². The predicted octanol–water partition coefficient (Wildman–Crippen LogP) is 4.35. The van der Waals surface area contributed by atoms with Crippen LogP contribution in [0.2, 0.25) is 0 Å². The van der Waals surface area contributed by atoms with Crippen LogP contribution >= 0.6 is 15.9 Å². The number of anilines is 1. The highest BCUT2D eigenvalue weighted by molar-refractivity contribution is 9.10. The average Bonchev–Trinajstić information content (AvgIpc) is 2.33. The highest BCUT2D eigenvalue weighted by Gasteiger charge is 2.37. The molecule has 2 nitrogen and oxygen atoms in total. The van der Waals surface area contributed by atoms with Gasteiger partial charge in [0.1, 0.15) is 5.82 Å². The Morgan fingerprint density at radius 1 is 1.32 bits per heavy atom. The summed E-state index contributed by atoms with van der Waals surface area (Å²) in [6, 6.07) is 4.12. The Kier molecular flexibility index (Phi) is 4.18. The molecule has 19 heavy (non-hydrogen) atoms. The first-order valence-electron chi connectivity index (χ1n) is 6.01. The van der Waals surface area contributed by atoms with Crippen molar-refractivity contribution in [1.82, 2.24) is 0 Å². The van der Waals surface area contributed by atoms with Crippen LogP contribution in [-0.4, -0.2) is 11.8 Å². The molecule has 0 aromatic heterocycles. The first-order valence-corrected chi connectivity index (χ1v) is 6.80. The van der Waals surface area contributed by atoms with E-state index in [1.807, 2.05) is 0 Å². The smallest absolute Gasteiger partial charge is 0.248 e. The zero-order chi connectivity index (χ0) is 14.0. The van der Waals surface area contributed by atoms with Crippen molar-refractivity contribution in [3.8, 4) is 0 Å². The first kappa shape index (κ1) is 14.4. The summed E-state index contributed by atoms with van der Waals surface area (Å²) in [4.78, 5) is 11.9. The van der Waals surface area contributed by atoms with Crippen molar-refractivity contribution in [3.05, 3.63) is 28.5 Å². The molecule has 1 N–H and O–H groups in total. The first-order chi connectivity index (χ1) is 8.87. The van der Waals surface area contributed by atoms with Crippen LogP contribution in [0.3, 0.4) is 0 Å². The lowest BCUT2D eigenvalue weighted by Gasteiger charge is -2.27. The summed E-state index contributed by atoms with van der Waals surface area (Å²) >= 11 is 3.02. The monoisotopic (exact) mass is 335 g/mol. The molecule has 0 unspecified atom stereocenters. The summed E-state index contributed by atoms with van der Waals surface area (Å²) in [6.45, 7) is 0. The number of alkyl halides is 2. The molecule has 1 aromatic carbocycles. The van der Waals surface area contributed by atoms with E-state index < -0.39 is 17.7 Å². The molecule has 1 amide bonds. The summed E-state index contributed by atoms with van der Waals surface area (Å²) in [6.07, 6.45) is -0.140. The van der Waals surface area contributed by atoms with E-state index in [2.05, 4.69) is 21.2 Å². The Hall–Kier alpha value is -1.04. The summed E-state index contributed by atoms with van der Waals surface area (Å²) < 4.78 is 39.3. The zero-order valence-electron chi connectivity index (χ0n) is 10.1. The summed E-state index contributed by atoms with van der Waals surface area (Å²) in [5, 5.41) is 2.63. The SMILES string of the molecule is O=C(Nc1ccc(F)c(Br)c1)C1CCC(F)(F)CC1. The molecule has 0 atom stereocenters. The quantitative estimate of drug-likeness (QED) is 0.855. The Bertz CT molecular complexity index is 483. The lowest BCUT2D eigenvalue weighted by Crippen LogP contribution is -2.31. The molecule has 0 saturated heterocycles. The highest BCUT2D eigenvalue weighted by Crippen LogP contribution is 2.36. The van der Waals surface area contributed by atoms with Crippen LogP contribution in [0.1, 0.15) is 25.7 Å². The van der Waals surface area contributed by atoms with Crippen LogP contribution < -0.4 is 5.32 Å². The van der Waals surface area contributed by atoms with Gasteiger partial charge in [0, 0.05) is 24.4 Å². The van der Waals surface area contributed by atoms with E-state index in [4.69, 9.17) is 0 Å². The van der Waals surface area contributed by atoms with Gasteiger partial charge in [-0.15, -0.1) is 0 Å². The van der Waals surface area contributed by atoms with Gasteiger partial charge in [0.15, 0.2) is 0 Å². The minimum atomic E-state index is -2.64. The Balaban J connectivity index is 1.96. The van der Waals surface area contributed by atoms with Gasteiger partial charge in [-0.3, -0.25) is 4.79 Å². The fourth-order valence-corrected chi connectivity index (χ4v) is 2.50. The largest absolute Gasteiger partial charge is 0.326 e. The van der Waals surface area contributed by atoms with E-state index in [1.54, 1.807) is 0 Å². The predicted molar refractivity (Wildman–Crippen MR) is 69.6 cm³/mol. The van der Waals surface area contributed by atoms with Gasteiger partial charge in [0.25, 0.3) is 0 Å². The van der Waals surface area contributed by atoms with Crippen molar-refractivity contribution in [3.63, 3.8) is 0 Å². The molecule has 1 aliphatic rings. The third kappa shape index (κ3) is 3.72. The van der Waals surface area contributed by atoms with Gasteiger partial charge in [0.05, 0.1) is 4.47 Å². The molecule has 2 rings (SSSR count). The number of nitrogens with one attached hydrogen (secondary N) is 1. The summed E-state index contributed by atoms with van der Waals surface area (Å²) in [5.74, 6) is -3.75. The average molecular weight is 336 g/mol. The van der Waals surface area contributed by atoms with E-state index >= 15 is 0 Å². The minimum absolute atomic E-state index is 0.182. The second-order valence-electron chi connectivity index (χ2n) is 4.75. The molecule has 1 fully saturated rings. The van der Waals surface area contributed by atoms with Gasteiger partial charge in [-0.1, -0.05) is 0 Å². The summed E-state index contributed by atoms with van der Waals surface area (Å²) in [7, 11) is 0. The molecule has 0 radical (unpaired) electrons. The molecule has 0 spiro atoms. The molecule has 104 valence electrons. The van der Waals surface area contributed by atoms with Crippen LogP contribution in [0.15, 0.2) is 22.7 Å². The maximum atomic E-state index is 13.0. The Morgan fingerprint density at radius 2 is 1.95 bits per heavy atom. The maximum Gasteiger partial charge on any atom is 0.248 e. The third-order valence-corrected chi connectivity index (χ3v) is 3.88.